The lowest BCUT2D eigenvalue weighted by molar-refractivity contribution is -0.152. The molecule has 0 unspecified atom stereocenters. The van der Waals surface area contributed by atoms with Gasteiger partial charge < -0.3 is 9.47 Å². The number of aromatic nitrogens is 2. The standard InChI is InChI=1S/C18H22N2O4S/c1-5-23-16(21)15(17(22)24-6-2)25-18-19-12(3)13(4)20(18)14-10-8-7-9-11-14/h7-11,15H,5-6H2,1-4H3. The predicted molar refractivity (Wildman–Crippen MR) is 95.9 cm³/mol. The van der Waals surface area contributed by atoms with Crippen LogP contribution in [-0.2, 0) is 19.1 Å². The summed E-state index contributed by atoms with van der Waals surface area (Å²) in [5, 5.41) is -0.559. The van der Waals surface area contributed by atoms with E-state index >= 15 is 0 Å². The number of hydrogen-bond acceptors (Lipinski definition) is 6. The molecule has 0 saturated carbocycles. The molecule has 1 aromatic heterocycles. The third-order valence-corrected chi connectivity index (χ3v) is 4.66. The van der Waals surface area contributed by atoms with Crippen molar-refractivity contribution in [3.8, 4) is 5.69 Å². The Bertz CT molecular complexity index is 725. The molecule has 0 amide bonds. The highest BCUT2D eigenvalue weighted by atomic mass is 32.2. The maximum Gasteiger partial charge on any atom is 0.331 e. The number of rotatable bonds is 7. The average Bonchev–Trinajstić information content (AvgIpc) is 2.88. The fourth-order valence-electron chi connectivity index (χ4n) is 2.27. The van der Waals surface area contributed by atoms with Gasteiger partial charge in [0, 0.05) is 11.4 Å². The fourth-order valence-corrected chi connectivity index (χ4v) is 3.35. The molecule has 0 radical (unpaired) electrons. The Kier molecular flexibility index (Phi) is 6.64. The van der Waals surface area contributed by atoms with Crippen molar-refractivity contribution in [1.82, 2.24) is 9.55 Å². The monoisotopic (exact) mass is 362 g/mol. The minimum absolute atomic E-state index is 0.195. The van der Waals surface area contributed by atoms with Crippen LogP contribution in [0.4, 0.5) is 0 Å². The number of thioether (sulfide) groups is 1. The van der Waals surface area contributed by atoms with E-state index in [0.717, 1.165) is 28.8 Å². The Morgan fingerprint density at radius 1 is 1.08 bits per heavy atom. The molecule has 0 bridgehead atoms. The first-order valence-electron chi connectivity index (χ1n) is 8.10. The van der Waals surface area contributed by atoms with Crippen LogP contribution in [0.1, 0.15) is 25.2 Å². The number of imidazole rings is 1. The van der Waals surface area contributed by atoms with Gasteiger partial charge in [-0.1, -0.05) is 30.0 Å². The molecule has 25 heavy (non-hydrogen) atoms. The van der Waals surface area contributed by atoms with Crippen molar-refractivity contribution >= 4 is 23.7 Å². The van der Waals surface area contributed by atoms with E-state index in [1.165, 1.54) is 0 Å². The van der Waals surface area contributed by atoms with Gasteiger partial charge in [0.2, 0.25) is 5.25 Å². The van der Waals surface area contributed by atoms with Gasteiger partial charge >= 0.3 is 11.9 Å². The maximum atomic E-state index is 12.2. The number of nitrogens with zero attached hydrogens (tertiary/aromatic N) is 2. The minimum Gasteiger partial charge on any atom is -0.465 e. The Hall–Kier alpha value is -2.28. The normalized spacial score (nSPS) is 10.8. The van der Waals surface area contributed by atoms with E-state index in [1.54, 1.807) is 13.8 Å². The fraction of sp³-hybridized carbons (Fsp3) is 0.389. The molecule has 0 atom stereocenters. The van der Waals surface area contributed by atoms with Gasteiger partial charge in [-0.2, -0.15) is 0 Å². The molecule has 0 aliphatic heterocycles. The second-order valence-electron chi connectivity index (χ2n) is 5.24. The molecule has 7 heteroatoms. The number of ether oxygens (including phenoxy) is 2. The SMILES string of the molecule is CCOC(=O)C(Sc1nc(C)c(C)n1-c1ccccc1)C(=O)OCC. The van der Waals surface area contributed by atoms with Gasteiger partial charge in [0.1, 0.15) is 0 Å². The number of hydrogen-bond donors (Lipinski definition) is 0. The van der Waals surface area contributed by atoms with Crippen molar-refractivity contribution in [3.63, 3.8) is 0 Å². The van der Waals surface area contributed by atoms with Crippen molar-refractivity contribution in [2.24, 2.45) is 0 Å². The lowest BCUT2D eigenvalue weighted by Crippen LogP contribution is -2.31. The number of esters is 2. The van der Waals surface area contributed by atoms with Gasteiger partial charge in [-0.15, -0.1) is 0 Å². The molecule has 0 N–H and O–H groups in total. The van der Waals surface area contributed by atoms with Crippen LogP contribution in [0.3, 0.4) is 0 Å². The predicted octanol–water partition coefficient (Wildman–Crippen LogP) is 3.08. The molecule has 0 aliphatic rings. The number of benzene rings is 1. The zero-order chi connectivity index (χ0) is 18.4. The molecule has 0 fully saturated rings. The molecule has 6 nitrogen and oxygen atoms in total. The Morgan fingerprint density at radius 3 is 2.16 bits per heavy atom. The van der Waals surface area contributed by atoms with Crippen molar-refractivity contribution in [1.29, 1.82) is 0 Å². The molecular weight excluding hydrogens is 340 g/mol. The molecule has 0 saturated heterocycles. The molecule has 1 aromatic carbocycles. The van der Waals surface area contributed by atoms with E-state index in [4.69, 9.17) is 9.47 Å². The summed E-state index contributed by atoms with van der Waals surface area (Å²) in [6.07, 6.45) is 0. The Labute approximate surface area is 151 Å². The summed E-state index contributed by atoms with van der Waals surface area (Å²) >= 11 is 1.04. The average molecular weight is 362 g/mol. The quantitative estimate of drug-likeness (QED) is 0.428. The Morgan fingerprint density at radius 2 is 1.64 bits per heavy atom. The topological polar surface area (TPSA) is 70.4 Å². The summed E-state index contributed by atoms with van der Waals surface area (Å²) in [6.45, 7) is 7.63. The van der Waals surface area contributed by atoms with Gasteiger partial charge in [-0.05, 0) is 39.8 Å². The van der Waals surface area contributed by atoms with Crippen LogP contribution in [0.2, 0.25) is 0 Å². The summed E-state index contributed by atoms with van der Waals surface area (Å²) in [5.41, 5.74) is 2.69. The van der Waals surface area contributed by atoms with E-state index in [-0.39, 0.29) is 13.2 Å². The van der Waals surface area contributed by atoms with Crippen LogP contribution in [0.5, 0.6) is 0 Å². The van der Waals surface area contributed by atoms with Gasteiger partial charge in [-0.3, -0.25) is 14.2 Å². The van der Waals surface area contributed by atoms with Crippen molar-refractivity contribution in [2.75, 3.05) is 13.2 Å². The van der Waals surface area contributed by atoms with Gasteiger partial charge in [0.25, 0.3) is 0 Å². The molecular formula is C18H22N2O4S. The smallest absolute Gasteiger partial charge is 0.331 e. The molecule has 2 aromatic rings. The first-order chi connectivity index (χ1) is 12.0. The summed E-state index contributed by atoms with van der Waals surface area (Å²) in [6, 6.07) is 9.67. The largest absolute Gasteiger partial charge is 0.465 e. The number of carbonyl (C=O) groups is 2. The number of carbonyl (C=O) groups excluding carboxylic acids is 2. The van der Waals surface area contributed by atoms with Crippen LogP contribution < -0.4 is 0 Å². The zero-order valence-corrected chi connectivity index (χ0v) is 15.6. The van der Waals surface area contributed by atoms with Crippen LogP contribution in [0.15, 0.2) is 35.5 Å². The molecule has 134 valence electrons. The third kappa shape index (κ3) is 4.42. The van der Waals surface area contributed by atoms with Crippen molar-refractivity contribution in [2.45, 2.75) is 38.1 Å². The van der Waals surface area contributed by atoms with Crippen LogP contribution in [-0.4, -0.2) is 40.0 Å². The minimum atomic E-state index is -1.11. The Balaban J connectivity index is 2.41. The molecule has 0 spiro atoms. The number of para-hydroxylation sites is 1. The highest BCUT2D eigenvalue weighted by molar-refractivity contribution is 8.01. The first-order valence-corrected chi connectivity index (χ1v) is 8.98. The summed E-state index contributed by atoms with van der Waals surface area (Å²) in [4.78, 5) is 29.0. The van der Waals surface area contributed by atoms with Crippen molar-refractivity contribution in [3.05, 3.63) is 41.7 Å². The van der Waals surface area contributed by atoms with Gasteiger partial charge in [0.05, 0.1) is 18.9 Å². The van der Waals surface area contributed by atoms with E-state index in [9.17, 15) is 9.59 Å². The van der Waals surface area contributed by atoms with Crippen molar-refractivity contribution < 1.29 is 19.1 Å². The first kappa shape index (κ1) is 19.1. The van der Waals surface area contributed by atoms with Gasteiger partial charge in [0.15, 0.2) is 5.16 Å². The highest BCUT2D eigenvalue weighted by Gasteiger charge is 2.33. The van der Waals surface area contributed by atoms with E-state index in [2.05, 4.69) is 4.98 Å². The van der Waals surface area contributed by atoms with Crippen LogP contribution in [0.25, 0.3) is 5.69 Å². The number of aryl methyl sites for hydroxylation is 1. The second kappa shape index (κ2) is 8.71. The van der Waals surface area contributed by atoms with E-state index < -0.39 is 17.2 Å². The van der Waals surface area contributed by atoms with Crippen LogP contribution >= 0.6 is 11.8 Å². The highest BCUT2D eigenvalue weighted by Crippen LogP contribution is 2.29. The van der Waals surface area contributed by atoms with E-state index in [0.29, 0.717) is 5.16 Å². The molecule has 0 aliphatic carbocycles. The second-order valence-corrected chi connectivity index (χ2v) is 6.31. The van der Waals surface area contributed by atoms with Gasteiger partial charge in [-0.25, -0.2) is 4.98 Å². The van der Waals surface area contributed by atoms with Crippen LogP contribution in [0, 0.1) is 13.8 Å². The molecule has 2 rings (SSSR count). The van der Waals surface area contributed by atoms with E-state index in [1.807, 2.05) is 48.7 Å². The lowest BCUT2D eigenvalue weighted by Gasteiger charge is -2.15. The summed E-state index contributed by atoms with van der Waals surface area (Å²) in [5.74, 6) is -1.24. The lowest BCUT2D eigenvalue weighted by atomic mass is 10.3. The summed E-state index contributed by atoms with van der Waals surface area (Å²) < 4.78 is 12.0. The third-order valence-electron chi connectivity index (χ3n) is 3.55. The maximum absolute atomic E-state index is 12.2. The zero-order valence-electron chi connectivity index (χ0n) is 14.8. The summed E-state index contributed by atoms with van der Waals surface area (Å²) in [7, 11) is 0. The molecule has 1 heterocycles.